The van der Waals surface area contributed by atoms with E-state index in [1.54, 1.807) is 11.3 Å². The van der Waals surface area contributed by atoms with E-state index in [1.807, 2.05) is 0 Å². The average Bonchev–Trinajstić information content (AvgIpc) is 2.74. The van der Waals surface area contributed by atoms with Gasteiger partial charge < -0.3 is 10.6 Å². The molecule has 2 heterocycles. The second-order valence-corrected chi connectivity index (χ2v) is 6.05. The summed E-state index contributed by atoms with van der Waals surface area (Å²) in [7, 11) is 0. The molecule has 96 valence electrons. The first kappa shape index (κ1) is 12.8. The SMILES string of the molecule is CCCc1nc(N2CCC(C)CC2)sc1CN. The van der Waals surface area contributed by atoms with Gasteiger partial charge in [-0.05, 0) is 25.2 Å². The minimum atomic E-state index is 0.636. The van der Waals surface area contributed by atoms with Gasteiger partial charge in [-0.2, -0.15) is 0 Å². The van der Waals surface area contributed by atoms with E-state index in [2.05, 4.69) is 18.7 Å². The van der Waals surface area contributed by atoms with Crippen molar-refractivity contribution >= 4 is 16.5 Å². The fourth-order valence-corrected chi connectivity index (χ4v) is 3.33. The number of thiazole rings is 1. The number of aryl methyl sites for hydroxylation is 1. The molecule has 0 amide bonds. The van der Waals surface area contributed by atoms with E-state index in [-0.39, 0.29) is 0 Å². The highest BCUT2D eigenvalue weighted by atomic mass is 32.1. The van der Waals surface area contributed by atoms with Crippen molar-refractivity contribution in [2.75, 3.05) is 18.0 Å². The molecule has 0 atom stereocenters. The Morgan fingerprint density at radius 3 is 2.71 bits per heavy atom. The second-order valence-electron chi connectivity index (χ2n) is 4.99. The van der Waals surface area contributed by atoms with Gasteiger partial charge in [0.1, 0.15) is 0 Å². The molecule has 0 aromatic carbocycles. The van der Waals surface area contributed by atoms with Crippen molar-refractivity contribution in [3.63, 3.8) is 0 Å². The summed E-state index contributed by atoms with van der Waals surface area (Å²) in [6.07, 6.45) is 4.79. The molecule has 1 aliphatic rings. The summed E-state index contributed by atoms with van der Waals surface area (Å²) in [5, 5.41) is 1.20. The van der Waals surface area contributed by atoms with Crippen LogP contribution in [0.5, 0.6) is 0 Å². The average molecular weight is 253 g/mol. The quantitative estimate of drug-likeness (QED) is 0.897. The lowest BCUT2D eigenvalue weighted by molar-refractivity contribution is 0.438. The van der Waals surface area contributed by atoms with Crippen LogP contribution in [0.3, 0.4) is 0 Å². The maximum atomic E-state index is 5.80. The number of aromatic nitrogens is 1. The summed E-state index contributed by atoms with van der Waals surface area (Å²) in [4.78, 5) is 8.50. The van der Waals surface area contributed by atoms with Crippen molar-refractivity contribution in [1.29, 1.82) is 0 Å². The first-order valence-electron chi connectivity index (χ1n) is 6.68. The van der Waals surface area contributed by atoms with E-state index < -0.39 is 0 Å². The lowest BCUT2D eigenvalue weighted by Crippen LogP contribution is -2.32. The first-order valence-corrected chi connectivity index (χ1v) is 7.49. The number of hydrogen-bond donors (Lipinski definition) is 1. The molecule has 0 spiro atoms. The largest absolute Gasteiger partial charge is 0.348 e. The Morgan fingerprint density at radius 2 is 2.12 bits per heavy atom. The Balaban J connectivity index is 2.10. The monoisotopic (exact) mass is 253 g/mol. The third kappa shape index (κ3) is 2.99. The molecule has 2 N–H and O–H groups in total. The molecule has 1 aromatic heterocycles. The van der Waals surface area contributed by atoms with Crippen LogP contribution in [0.4, 0.5) is 5.13 Å². The maximum Gasteiger partial charge on any atom is 0.185 e. The molecule has 0 unspecified atom stereocenters. The van der Waals surface area contributed by atoms with Gasteiger partial charge in [0, 0.05) is 24.5 Å². The van der Waals surface area contributed by atoms with E-state index in [1.165, 1.54) is 28.5 Å². The molecule has 0 aliphatic carbocycles. The lowest BCUT2D eigenvalue weighted by atomic mass is 10.00. The molecule has 1 aromatic rings. The van der Waals surface area contributed by atoms with E-state index in [9.17, 15) is 0 Å². The number of hydrogen-bond acceptors (Lipinski definition) is 4. The van der Waals surface area contributed by atoms with Crippen molar-refractivity contribution in [1.82, 2.24) is 4.98 Å². The fourth-order valence-electron chi connectivity index (χ4n) is 2.30. The zero-order valence-corrected chi connectivity index (χ0v) is 11.7. The van der Waals surface area contributed by atoms with Crippen molar-refractivity contribution < 1.29 is 0 Å². The molecule has 1 aliphatic heterocycles. The predicted octanol–water partition coefficient (Wildman–Crippen LogP) is 2.79. The molecule has 4 heteroatoms. The van der Waals surface area contributed by atoms with Crippen LogP contribution in [0.25, 0.3) is 0 Å². The van der Waals surface area contributed by atoms with Crippen LogP contribution < -0.4 is 10.6 Å². The predicted molar refractivity (Wildman–Crippen MR) is 74.6 cm³/mol. The Hall–Kier alpha value is -0.610. The molecule has 0 saturated carbocycles. The summed E-state index contributed by atoms with van der Waals surface area (Å²) < 4.78 is 0. The zero-order valence-electron chi connectivity index (χ0n) is 10.9. The highest BCUT2D eigenvalue weighted by Gasteiger charge is 2.20. The smallest absolute Gasteiger partial charge is 0.185 e. The van der Waals surface area contributed by atoms with Gasteiger partial charge in [0.15, 0.2) is 5.13 Å². The van der Waals surface area contributed by atoms with Gasteiger partial charge in [0.2, 0.25) is 0 Å². The lowest BCUT2D eigenvalue weighted by Gasteiger charge is -2.29. The minimum Gasteiger partial charge on any atom is -0.348 e. The molecule has 2 rings (SSSR count). The van der Waals surface area contributed by atoms with Crippen molar-refractivity contribution in [2.45, 2.75) is 46.1 Å². The van der Waals surface area contributed by atoms with Gasteiger partial charge >= 0.3 is 0 Å². The number of nitrogens with zero attached hydrogens (tertiary/aromatic N) is 2. The normalized spacial score (nSPS) is 17.7. The third-order valence-electron chi connectivity index (χ3n) is 3.49. The van der Waals surface area contributed by atoms with Gasteiger partial charge in [-0.25, -0.2) is 4.98 Å². The van der Waals surface area contributed by atoms with E-state index >= 15 is 0 Å². The number of anilines is 1. The van der Waals surface area contributed by atoms with Gasteiger partial charge in [0.25, 0.3) is 0 Å². The van der Waals surface area contributed by atoms with Crippen LogP contribution in [-0.2, 0) is 13.0 Å². The summed E-state index contributed by atoms with van der Waals surface area (Å²) in [6.45, 7) is 7.49. The number of piperidine rings is 1. The highest BCUT2D eigenvalue weighted by molar-refractivity contribution is 7.15. The minimum absolute atomic E-state index is 0.636. The Morgan fingerprint density at radius 1 is 1.41 bits per heavy atom. The molecule has 0 radical (unpaired) electrons. The van der Waals surface area contributed by atoms with Crippen molar-refractivity contribution in [3.8, 4) is 0 Å². The van der Waals surface area contributed by atoms with E-state index in [0.717, 1.165) is 31.8 Å². The molecule has 0 bridgehead atoms. The molecule has 1 saturated heterocycles. The summed E-state index contributed by atoms with van der Waals surface area (Å²) in [6, 6.07) is 0. The zero-order chi connectivity index (χ0) is 12.3. The molecular formula is C13H23N3S. The van der Waals surface area contributed by atoms with Crippen molar-refractivity contribution in [3.05, 3.63) is 10.6 Å². The molecule has 17 heavy (non-hydrogen) atoms. The third-order valence-corrected chi connectivity index (χ3v) is 4.67. The number of rotatable bonds is 4. The Labute approximate surface area is 108 Å². The van der Waals surface area contributed by atoms with Crippen LogP contribution in [0.1, 0.15) is 43.7 Å². The standard InChI is InChI=1S/C13H23N3S/c1-3-4-11-12(9-14)17-13(15-11)16-7-5-10(2)6-8-16/h10H,3-9,14H2,1-2H3. The van der Waals surface area contributed by atoms with E-state index in [0.29, 0.717) is 6.54 Å². The van der Waals surface area contributed by atoms with Gasteiger partial charge in [0.05, 0.1) is 5.69 Å². The van der Waals surface area contributed by atoms with Crippen LogP contribution in [0, 0.1) is 5.92 Å². The second kappa shape index (κ2) is 5.83. The van der Waals surface area contributed by atoms with Crippen LogP contribution in [0.15, 0.2) is 0 Å². The Bertz CT molecular complexity index is 354. The summed E-state index contributed by atoms with van der Waals surface area (Å²) in [5.74, 6) is 0.871. The summed E-state index contributed by atoms with van der Waals surface area (Å²) in [5.41, 5.74) is 7.03. The first-order chi connectivity index (χ1) is 8.24. The number of nitrogens with two attached hydrogens (primary N) is 1. The van der Waals surface area contributed by atoms with Crippen molar-refractivity contribution in [2.24, 2.45) is 11.7 Å². The topological polar surface area (TPSA) is 42.2 Å². The summed E-state index contributed by atoms with van der Waals surface area (Å²) >= 11 is 1.80. The highest BCUT2D eigenvalue weighted by Crippen LogP contribution is 2.30. The van der Waals surface area contributed by atoms with Gasteiger partial charge in [-0.3, -0.25) is 0 Å². The molecular weight excluding hydrogens is 230 g/mol. The van der Waals surface area contributed by atoms with Gasteiger partial charge in [-0.1, -0.05) is 20.3 Å². The van der Waals surface area contributed by atoms with Crippen LogP contribution >= 0.6 is 11.3 Å². The van der Waals surface area contributed by atoms with Gasteiger partial charge in [-0.15, -0.1) is 11.3 Å². The van der Waals surface area contributed by atoms with Crippen LogP contribution in [-0.4, -0.2) is 18.1 Å². The molecule has 3 nitrogen and oxygen atoms in total. The van der Waals surface area contributed by atoms with Crippen LogP contribution in [0.2, 0.25) is 0 Å². The molecule has 1 fully saturated rings. The Kier molecular flexibility index (Phi) is 4.40. The van der Waals surface area contributed by atoms with E-state index in [4.69, 9.17) is 10.7 Å². The maximum absolute atomic E-state index is 5.80. The fraction of sp³-hybridized carbons (Fsp3) is 0.769.